The minimum absolute atomic E-state index is 0.0617. The number of carbonyl (C=O) groups excluding carboxylic acids is 1. The molecule has 0 bridgehead atoms. The van der Waals surface area contributed by atoms with Crippen LogP contribution in [0.4, 0.5) is 11.6 Å². The maximum absolute atomic E-state index is 13.5. The minimum atomic E-state index is -3.93. The molecule has 1 aliphatic rings. The summed E-state index contributed by atoms with van der Waals surface area (Å²) in [6.45, 7) is 7.02. The van der Waals surface area contributed by atoms with Gasteiger partial charge in [-0.2, -0.15) is 9.97 Å². The average Bonchev–Trinajstić information content (AvgIpc) is 3.39. The molecule has 11 nitrogen and oxygen atoms in total. The van der Waals surface area contributed by atoms with Crippen molar-refractivity contribution < 1.29 is 22.7 Å². The molecule has 1 N–H and O–H groups in total. The van der Waals surface area contributed by atoms with Crippen molar-refractivity contribution in [3.63, 3.8) is 0 Å². The molecule has 1 aliphatic heterocycles. The summed E-state index contributed by atoms with van der Waals surface area (Å²) in [6, 6.07) is 13.4. The van der Waals surface area contributed by atoms with Gasteiger partial charge in [0.25, 0.3) is 15.9 Å². The number of ether oxygens (including phenoxy) is 2. The second kappa shape index (κ2) is 11.1. The van der Waals surface area contributed by atoms with Crippen molar-refractivity contribution in [3.8, 4) is 11.6 Å². The lowest BCUT2D eigenvalue weighted by atomic mass is 10.1. The van der Waals surface area contributed by atoms with Crippen LogP contribution in [0, 0.1) is 6.92 Å². The molecule has 0 radical (unpaired) electrons. The van der Waals surface area contributed by atoms with Crippen LogP contribution in [0.3, 0.4) is 0 Å². The molecule has 0 atom stereocenters. The van der Waals surface area contributed by atoms with Gasteiger partial charge in [-0.1, -0.05) is 17.7 Å². The van der Waals surface area contributed by atoms with E-state index in [4.69, 9.17) is 9.47 Å². The van der Waals surface area contributed by atoms with E-state index in [9.17, 15) is 13.2 Å². The molecule has 2 aromatic carbocycles. The Morgan fingerprint density at radius 2 is 1.75 bits per heavy atom. The molecule has 40 heavy (non-hydrogen) atoms. The predicted octanol–water partition coefficient (Wildman–Crippen LogP) is 3.52. The fourth-order valence-corrected chi connectivity index (χ4v) is 5.82. The van der Waals surface area contributed by atoms with E-state index < -0.39 is 10.0 Å². The molecular formula is C28H32N6O5S. The van der Waals surface area contributed by atoms with Crippen LogP contribution in [-0.4, -0.2) is 85.0 Å². The van der Waals surface area contributed by atoms with Crippen LogP contribution in [0.15, 0.2) is 59.6 Å². The number of fused-ring (bicyclic) bond motifs is 1. The highest BCUT2D eigenvalue weighted by Crippen LogP contribution is 2.32. The fourth-order valence-electron chi connectivity index (χ4n) is 4.52. The van der Waals surface area contributed by atoms with Gasteiger partial charge in [0.2, 0.25) is 11.8 Å². The first-order valence-electron chi connectivity index (χ1n) is 13.0. The highest BCUT2D eigenvalue weighted by Gasteiger charge is 2.24. The molecule has 0 saturated carbocycles. The summed E-state index contributed by atoms with van der Waals surface area (Å²) in [4.78, 5) is 26.3. The van der Waals surface area contributed by atoms with Gasteiger partial charge in [-0.05, 0) is 57.3 Å². The van der Waals surface area contributed by atoms with Gasteiger partial charge in [0, 0.05) is 37.9 Å². The van der Waals surface area contributed by atoms with Gasteiger partial charge in [-0.3, -0.25) is 4.79 Å². The number of anilines is 2. The molecule has 0 aliphatic carbocycles. The van der Waals surface area contributed by atoms with Crippen LogP contribution in [0.1, 0.15) is 22.8 Å². The third-order valence-electron chi connectivity index (χ3n) is 6.82. The summed E-state index contributed by atoms with van der Waals surface area (Å²) in [5.41, 5.74) is 2.14. The maximum Gasteiger partial charge on any atom is 0.269 e. The number of hydrogen-bond acceptors (Lipinski definition) is 9. The van der Waals surface area contributed by atoms with Gasteiger partial charge in [0.05, 0.1) is 29.7 Å². The first kappa shape index (κ1) is 27.4. The van der Waals surface area contributed by atoms with E-state index >= 15 is 0 Å². The van der Waals surface area contributed by atoms with Gasteiger partial charge in [0.1, 0.15) is 5.75 Å². The number of methoxy groups -OCH3 is 1. The standard InChI is InChI=1S/C28H32N6O5S/c1-5-39-26-22-12-13-34(40(36,37)21-9-6-19(2)7-10-21)25(22)30-28(31-26)29-23-11-8-20(18-24(23)38-4)27(35)33-16-14-32(3)15-17-33/h6-13,18H,5,14-17H2,1-4H3,(H,29,30,31). The van der Waals surface area contributed by atoms with Crippen LogP contribution >= 0.6 is 0 Å². The molecule has 3 heterocycles. The Morgan fingerprint density at radius 3 is 2.42 bits per heavy atom. The number of piperazine rings is 1. The van der Waals surface area contributed by atoms with E-state index in [1.807, 2.05) is 25.8 Å². The average molecular weight is 565 g/mol. The van der Waals surface area contributed by atoms with E-state index in [1.165, 1.54) is 13.3 Å². The first-order chi connectivity index (χ1) is 19.2. The van der Waals surface area contributed by atoms with Gasteiger partial charge in [0.15, 0.2) is 5.65 Å². The molecule has 1 saturated heterocycles. The zero-order valence-corrected chi connectivity index (χ0v) is 23.7. The summed E-state index contributed by atoms with van der Waals surface area (Å²) in [6.07, 6.45) is 1.44. The number of hydrogen-bond donors (Lipinski definition) is 1. The summed E-state index contributed by atoms with van der Waals surface area (Å²) in [5.74, 6) is 0.720. The third kappa shape index (κ3) is 5.32. The quantitative estimate of drug-likeness (QED) is 0.343. The zero-order chi connectivity index (χ0) is 28.4. The topological polar surface area (TPSA) is 119 Å². The van der Waals surface area contributed by atoms with Crippen LogP contribution in [0.5, 0.6) is 11.6 Å². The van der Waals surface area contributed by atoms with Gasteiger partial charge >= 0.3 is 0 Å². The number of likely N-dealkylation sites (N-methyl/N-ethyl adjacent to an activating group) is 1. The Morgan fingerprint density at radius 1 is 1.02 bits per heavy atom. The van der Waals surface area contributed by atoms with E-state index in [2.05, 4.69) is 20.2 Å². The van der Waals surface area contributed by atoms with E-state index in [0.29, 0.717) is 42.1 Å². The number of benzene rings is 2. The lowest BCUT2D eigenvalue weighted by Crippen LogP contribution is -2.47. The smallest absolute Gasteiger partial charge is 0.269 e. The van der Waals surface area contributed by atoms with Crippen molar-refractivity contribution in [1.82, 2.24) is 23.7 Å². The number of aryl methyl sites for hydroxylation is 1. The normalized spacial score (nSPS) is 14.3. The number of rotatable bonds is 8. The van der Waals surface area contributed by atoms with Gasteiger partial charge in [-0.15, -0.1) is 0 Å². The van der Waals surface area contributed by atoms with Crippen molar-refractivity contribution in [2.45, 2.75) is 18.7 Å². The summed E-state index contributed by atoms with van der Waals surface area (Å²) in [7, 11) is -0.378. The maximum atomic E-state index is 13.5. The number of carbonyl (C=O) groups is 1. The van der Waals surface area contributed by atoms with E-state index in [0.717, 1.165) is 22.6 Å². The molecular weight excluding hydrogens is 532 g/mol. The number of nitrogens with one attached hydrogen (secondary N) is 1. The Balaban J connectivity index is 1.50. The Kier molecular flexibility index (Phi) is 7.63. The van der Waals surface area contributed by atoms with E-state index in [-0.39, 0.29) is 28.3 Å². The highest BCUT2D eigenvalue weighted by molar-refractivity contribution is 7.90. The van der Waals surface area contributed by atoms with Gasteiger partial charge in [-0.25, -0.2) is 12.4 Å². The Labute approximate surface area is 233 Å². The van der Waals surface area contributed by atoms with Crippen LogP contribution < -0.4 is 14.8 Å². The van der Waals surface area contributed by atoms with Crippen LogP contribution in [-0.2, 0) is 10.0 Å². The molecule has 0 spiro atoms. The van der Waals surface area contributed by atoms with E-state index in [1.54, 1.807) is 48.5 Å². The predicted molar refractivity (Wildman–Crippen MR) is 152 cm³/mol. The van der Waals surface area contributed by atoms with Crippen molar-refractivity contribution in [2.24, 2.45) is 0 Å². The number of nitrogens with zero attached hydrogens (tertiary/aromatic N) is 5. The molecule has 2 aromatic heterocycles. The van der Waals surface area contributed by atoms with Crippen LogP contribution in [0.2, 0.25) is 0 Å². The summed E-state index contributed by atoms with van der Waals surface area (Å²) in [5, 5.41) is 3.58. The Bertz CT molecular complexity index is 1640. The second-order valence-corrected chi connectivity index (χ2v) is 11.4. The number of amides is 1. The molecule has 0 unspecified atom stereocenters. The zero-order valence-electron chi connectivity index (χ0n) is 22.9. The third-order valence-corrected chi connectivity index (χ3v) is 8.50. The molecule has 1 amide bonds. The largest absolute Gasteiger partial charge is 0.495 e. The lowest BCUT2D eigenvalue weighted by Gasteiger charge is -2.32. The molecule has 210 valence electrons. The molecule has 4 aromatic rings. The van der Waals surface area contributed by atoms with Gasteiger partial charge < -0.3 is 24.6 Å². The molecule has 1 fully saturated rings. The lowest BCUT2D eigenvalue weighted by molar-refractivity contribution is 0.0664. The van der Waals surface area contributed by atoms with Crippen molar-refractivity contribution in [1.29, 1.82) is 0 Å². The second-order valence-electron chi connectivity index (χ2n) is 9.59. The van der Waals surface area contributed by atoms with Crippen molar-refractivity contribution >= 4 is 38.6 Å². The number of aromatic nitrogens is 3. The monoisotopic (exact) mass is 564 g/mol. The SMILES string of the molecule is CCOc1nc(Nc2ccc(C(=O)N3CCN(C)CC3)cc2OC)nc2c1ccn2S(=O)(=O)c1ccc(C)cc1. The molecule has 5 rings (SSSR count). The Hall–Kier alpha value is -4.16. The fraction of sp³-hybridized carbons (Fsp3) is 0.321. The van der Waals surface area contributed by atoms with Crippen LogP contribution in [0.25, 0.3) is 11.0 Å². The summed E-state index contributed by atoms with van der Waals surface area (Å²) >= 11 is 0. The minimum Gasteiger partial charge on any atom is -0.495 e. The molecule has 12 heteroatoms. The van der Waals surface area contributed by atoms with Crippen molar-refractivity contribution in [3.05, 3.63) is 65.9 Å². The summed E-state index contributed by atoms with van der Waals surface area (Å²) < 4.78 is 39.4. The first-order valence-corrected chi connectivity index (χ1v) is 14.4. The highest BCUT2D eigenvalue weighted by atomic mass is 32.2. The van der Waals surface area contributed by atoms with Crippen molar-refractivity contribution in [2.75, 3.05) is 52.3 Å².